The normalized spacial score (nSPS) is 10.3. The molecule has 2 aromatic carbocycles. The second-order valence-electron chi connectivity index (χ2n) is 4.62. The summed E-state index contributed by atoms with van der Waals surface area (Å²) >= 11 is 0. The van der Waals surface area contributed by atoms with E-state index in [9.17, 15) is 9.18 Å². The third-order valence-electron chi connectivity index (χ3n) is 3.26. The van der Waals surface area contributed by atoms with Gasteiger partial charge in [-0.15, -0.1) is 0 Å². The van der Waals surface area contributed by atoms with Crippen LogP contribution in [0.1, 0.15) is 21.5 Å². The molecule has 4 heteroatoms. The van der Waals surface area contributed by atoms with Crippen molar-refractivity contribution in [1.82, 2.24) is 5.32 Å². The average Bonchev–Trinajstić information content (AvgIpc) is 2.44. The standard InChI is InChI=1S/C16H17FN2O/c1-11-13(6-4-8-15(11)18)16(20)19-10-9-12-5-2-3-7-14(12)17/h2-8H,9-10,18H2,1H3,(H,19,20). The van der Waals surface area contributed by atoms with Gasteiger partial charge in [-0.1, -0.05) is 24.3 Å². The minimum atomic E-state index is -0.248. The summed E-state index contributed by atoms with van der Waals surface area (Å²) in [5, 5.41) is 2.78. The Bertz CT molecular complexity index is 626. The molecule has 3 N–H and O–H groups in total. The Kier molecular flexibility index (Phi) is 4.35. The Morgan fingerprint density at radius 3 is 2.70 bits per heavy atom. The van der Waals surface area contributed by atoms with Crippen molar-refractivity contribution < 1.29 is 9.18 Å². The van der Waals surface area contributed by atoms with E-state index >= 15 is 0 Å². The quantitative estimate of drug-likeness (QED) is 0.841. The van der Waals surface area contributed by atoms with Gasteiger partial charge in [-0.25, -0.2) is 4.39 Å². The van der Waals surface area contributed by atoms with Crippen LogP contribution < -0.4 is 11.1 Å². The molecule has 1 amide bonds. The Labute approximate surface area is 117 Å². The van der Waals surface area contributed by atoms with E-state index in [4.69, 9.17) is 5.73 Å². The van der Waals surface area contributed by atoms with Gasteiger partial charge in [0.1, 0.15) is 5.82 Å². The molecule has 0 bridgehead atoms. The number of halogens is 1. The summed E-state index contributed by atoms with van der Waals surface area (Å²) in [5.74, 6) is -0.437. The van der Waals surface area contributed by atoms with Crippen LogP contribution in [0.25, 0.3) is 0 Å². The van der Waals surface area contributed by atoms with Crippen molar-refractivity contribution >= 4 is 11.6 Å². The lowest BCUT2D eigenvalue weighted by Gasteiger charge is -2.09. The molecule has 3 nitrogen and oxygen atoms in total. The number of anilines is 1. The zero-order valence-electron chi connectivity index (χ0n) is 11.3. The fourth-order valence-corrected chi connectivity index (χ4v) is 2.01. The second-order valence-corrected chi connectivity index (χ2v) is 4.62. The van der Waals surface area contributed by atoms with Gasteiger partial charge in [0.2, 0.25) is 0 Å². The van der Waals surface area contributed by atoms with E-state index < -0.39 is 0 Å². The largest absolute Gasteiger partial charge is 0.398 e. The molecule has 0 aliphatic heterocycles. The van der Waals surface area contributed by atoms with Crippen molar-refractivity contribution in [3.05, 3.63) is 65.0 Å². The number of nitrogens with one attached hydrogen (secondary N) is 1. The molecule has 0 fully saturated rings. The molecular weight excluding hydrogens is 255 g/mol. The zero-order chi connectivity index (χ0) is 14.5. The van der Waals surface area contributed by atoms with Crippen molar-refractivity contribution in [2.75, 3.05) is 12.3 Å². The number of benzene rings is 2. The van der Waals surface area contributed by atoms with Gasteiger partial charge in [0, 0.05) is 17.8 Å². The van der Waals surface area contributed by atoms with Gasteiger partial charge >= 0.3 is 0 Å². The Hall–Kier alpha value is -2.36. The maximum absolute atomic E-state index is 13.4. The molecule has 2 rings (SSSR count). The molecule has 0 saturated carbocycles. The van der Waals surface area contributed by atoms with Crippen LogP contribution in [0.15, 0.2) is 42.5 Å². The molecule has 0 aromatic heterocycles. The molecule has 0 spiro atoms. The molecule has 0 atom stereocenters. The first-order valence-electron chi connectivity index (χ1n) is 6.46. The molecule has 2 aromatic rings. The molecule has 0 aliphatic rings. The molecule has 0 unspecified atom stereocenters. The van der Waals surface area contributed by atoms with E-state index in [-0.39, 0.29) is 11.7 Å². The maximum atomic E-state index is 13.4. The fraction of sp³-hybridized carbons (Fsp3) is 0.188. The van der Waals surface area contributed by atoms with Crippen molar-refractivity contribution in [1.29, 1.82) is 0 Å². The molecular formula is C16H17FN2O. The van der Waals surface area contributed by atoms with Gasteiger partial charge in [0.05, 0.1) is 0 Å². The molecule has 0 saturated heterocycles. The first-order valence-corrected chi connectivity index (χ1v) is 6.46. The number of hydrogen-bond acceptors (Lipinski definition) is 2. The first kappa shape index (κ1) is 14.1. The summed E-state index contributed by atoms with van der Waals surface area (Å²) in [4.78, 5) is 12.0. The first-order chi connectivity index (χ1) is 9.59. The Morgan fingerprint density at radius 2 is 1.95 bits per heavy atom. The van der Waals surface area contributed by atoms with Gasteiger partial charge in [0.15, 0.2) is 0 Å². The van der Waals surface area contributed by atoms with Crippen LogP contribution in [-0.2, 0) is 6.42 Å². The lowest BCUT2D eigenvalue weighted by molar-refractivity contribution is 0.0953. The van der Waals surface area contributed by atoms with Crippen LogP contribution in [-0.4, -0.2) is 12.5 Å². The zero-order valence-corrected chi connectivity index (χ0v) is 11.3. The van der Waals surface area contributed by atoms with Gasteiger partial charge in [-0.2, -0.15) is 0 Å². The van der Waals surface area contributed by atoms with E-state index in [0.29, 0.717) is 29.8 Å². The van der Waals surface area contributed by atoms with E-state index in [0.717, 1.165) is 5.56 Å². The van der Waals surface area contributed by atoms with Crippen LogP contribution in [0.5, 0.6) is 0 Å². The second kappa shape index (κ2) is 6.19. The number of hydrogen-bond donors (Lipinski definition) is 2. The van der Waals surface area contributed by atoms with Crippen LogP contribution >= 0.6 is 0 Å². The van der Waals surface area contributed by atoms with Gasteiger partial charge in [0.25, 0.3) is 5.91 Å². The number of amides is 1. The molecule has 104 valence electrons. The minimum absolute atomic E-state index is 0.189. The maximum Gasteiger partial charge on any atom is 0.251 e. The average molecular weight is 272 g/mol. The number of rotatable bonds is 4. The van der Waals surface area contributed by atoms with Crippen LogP contribution in [0.4, 0.5) is 10.1 Å². The lowest BCUT2D eigenvalue weighted by atomic mass is 10.1. The van der Waals surface area contributed by atoms with Gasteiger partial charge in [-0.3, -0.25) is 4.79 Å². The molecule has 0 heterocycles. The highest BCUT2D eigenvalue weighted by Crippen LogP contribution is 2.15. The van der Waals surface area contributed by atoms with Crippen LogP contribution in [0, 0.1) is 12.7 Å². The third-order valence-corrected chi connectivity index (χ3v) is 3.26. The summed E-state index contributed by atoms with van der Waals surface area (Å²) in [6.07, 6.45) is 0.458. The predicted octanol–water partition coefficient (Wildman–Crippen LogP) is 2.69. The summed E-state index contributed by atoms with van der Waals surface area (Å²) in [6, 6.07) is 11.8. The number of nitrogens with two attached hydrogens (primary N) is 1. The highest BCUT2D eigenvalue weighted by molar-refractivity contribution is 5.96. The van der Waals surface area contributed by atoms with E-state index in [1.165, 1.54) is 6.07 Å². The number of carbonyl (C=O) groups is 1. The summed E-state index contributed by atoms with van der Waals surface area (Å²) in [6.45, 7) is 2.19. The molecule has 0 radical (unpaired) electrons. The van der Waals surface area contributed by atoms with E-state index in [1.54, 1.807) is 43.3 Å². The van der Waals surface area contributed by atoms with Crippen molar-refractivity contribution in [2.24, 2.45) is 0 Å². The monoisotopic (exact) mass is 272 g/mol. The van der Waals surface area contributed by atoms with Crippen LogP contribution in [0.3, 0.4) is 0 Å². The highest BCUT2D eigenvalue weighted by atomic mass is 19.1. The van der Waals surface area contributed by atoms with Gasteiger partial charge in [-0.05, 0) is 42.7 Å². The van der Waals surface area contributed by atoms with Gasteiger partial charge < -0.3 is 11.1 Å². The van der Waals surface area contributed by atoms with Crippen molar-refractivity contribution in [3.63, 3.8) is 0 Å². The Balaban J connectivity index is 1.96. The topological polar surface area (TPSA) is 55.1 Å². The predicted molar refractivity (Wildman–Crippen MR) is 78.0 cm³/mol. The smallest absolute Gasteiger partial charge is 0.251 e. The highest BCUT2D eigenvalue weighted by Gasteiger charge is 2.10. The number of carbonyl (C=O) groups excluding carboxylic acids is 1. The lowest BCUT2D eigenvalue weighted by Crippen LogP contribution is -2.26. The van der Waals surface area contributed by atoms with E-state index in [2.05, 4.69) is 5.32 Å². The van der Waals surface area contributed by atoms with Crippen LogP contribution in [0.2, 0.25) is 0 Å². The SMILES string of the molecule is Cc1c(N)cccc1C(=O)NCCc1ccccc1F. The van der Waals surface area contributed by atoms with Crippen molar-refractivity contribution in [2.45, 2.75) is 13.3 Å². The number of nitrogen functional groups attached to an aromatic ring is 1. The summed E-state index contributed by atoms with van der Waals surface area (Å²) in [7, 11) is 0. The fourth-order valence-electron chi connectivity index (χ4n) is 2.01. The summed E-state index contributed by atoms with van der Waals surface area (Å²) < 4.78 is 13.4. The molecule has 0 aliphatic carbocycles. The summed E-state index contributed by atoms with van der Waals surface area (Å²) in [5.41, 5.74) is 8.27. The third kappa shape index (κ3) is 3.15. The minimum Gasteiger partial charge on any atom is -0.398 e. The van der Waals surface area contributed by atoms with E-state index in [1.807, 2.05) is 0 Å². The Morgan fingerprint density at radius 1 is 1.20 bits per heavy atom. The van der Waals surface area contributed by atoms with Crippen molar-refractivity contribution in [3.8, 4) is 0 Å². The molecule has 20 heavy (non-hydrogen) atoms.